The van der Waals surface area contributed by atoms with Gasteiger partial charge in [0, 0.05) is 17.2 Å². The molecule has 20 heavy (non-hydrogen) atoms. The lowest BCUT2D eigenvalue weighted by Crippen LogP contribution is -2.16. The van der Waals surface area contributed by atoms with Crippen molar-refractivity contribution in [3.8, 4) is 0 Å². The van der Waals surface area contributed by atoms with E-state index < -0.39 is 0 Å². The van der Waals surface area contributed by atoms with E-state index in [-0.39, 0.29) is 11.9 Å². The third kappa shape index (κ3) is 3.57. The fraction of sp³-hybridized carbons (Fsp3) is 0.308. The second-order valence-corrected chi connectivity index (χ2v) is 5.14. The van der Waals surface area contributed by atoms with E-state index in [0.29, 0.717) is 17.1 Å². The van der Waals surface area contributed by atoms with Crippen LogP contribution in [0.4, 0.5) is 11.8 Å². The molecule has 0 spiro atoms. The number of nitrogens with zero attached hydrogens (tertiary/aromatic N) is 2. The van der Waals surface area contributed by atoms with E-state index in [1.807, 2.05) is 6.92 Å². The number of rotatable bonds is 5. The van der Waals surface area contributed by atoms with Crippen molar-refractivity contribution in [2.45, 2.75) is 20.3 Å². The molecule has 0 aromatic carbocycles. The van der Waals surface area contributed by atoms with Crippen LogP contribution in [0.25, 0.3) is 0 Å². The first-order chi connectivity index (χ1) is 9.60. The lowest BCUT2D eigenvalue weighted by atomic mass is 10.2. The van der Waals surface area contributed by atoms with E-state index in [2.05, 4.69) is 36.5 Å². The fourth-order valence-corrected chi connectivity index (χ4v) is 1.90. The zero-order valence-corrected chi connectivity index (χ0v) is 12.8. The number of anilines is 2. The number of halogens is 1. The summed E-state index contributed by atoms with van der Waals surface area (Å²) in [5.74, 6) is 0.218. The monoisotopic (exact) mass is 338 g/mol. The number of aromatic nitrogens is 2. The average molecular weight is 339 g/mol. The van der Waals surface area contributed by atoms with Crippen LogP contribution in [0, 0.1) is 6.92 Å². The number of pyridine rings is 1. The van der Waals surface area contributed by atoms with Crippen molar-refractivity contribution < 1.29 is 9.21 Å². The largest absolute Gasteiger partial charge is 0.432 e. The van der Waals surface area contributed by atoms with Crippen LogP contribution in [0.2, 0.25) is 0 Å². The van der Waals surface area contributed by atoms with E-state index in [4.69, 9.17) is 4.42 Å². The van der Waals surface area contributed by atoms with Gasteiger partial charge in [-0.15, -0.1) is 0 Å². The number of hydrogen-bond acceptors (Lipinski definition) is 5. The number of aryl methyl sites for hydroxylation is 1. The first-order valence-electron chi connectivity index (χ1n) is 6.23. The Balaban J connectivity index is 2.21. The second kappa shape index (κ2) is 6.51. The van der Waals surface area contributed by atoms with Gasteiger partial charge in [0.2, 0.25) is 0 Å². The van der Waals surface area contributed by atoms with Crippen LogP contribution in [-0.4, -0.2) is 22.4 Å². The molecule has 2 aromatic rings. The van der Waals surface area contributed by atoms with Gasteiger partial charge in [-0.05, 0) is 35.3 Å². The van der Waals surface area contributed by atoms with Crippen molar-refractivity contribution in [2.24, 2.45) is 0 Å². The molecule has 0 unspecified atom stereocenters. The van der Waals surface area contributed by atoms with Gasteiger partial charge in [0.25, 0.3) is 5.91 Å². The van der Waals surface area contributed by atoms with Crippen molar-refractivity contribution in [3.05, 3.63) is 34.3 Å². The van der Waals surface area contributed by atoms with Gasteiger partial charge in [0.1, 0.15) is 12.1 Å². The molecule has 7 heteroatoms. The Morgan fingerprint density at radius 3 is 2.95 bits per heavy atom. The normalized spacial score (nSPS) is 10.3. The predicted molar refractivity (Wildman–Crippen MR) is 79.9 cm³/mol. The average Bonchev–Trinajstić information content (AvgIpc) is 2.82. The summed E-state index contributed by atoms with van der Waals surface area (Å²) in [6.45, 7) is 4.57. The molecule has 2 rings (SSSR count). The van der Waals surface area contributed by atoms with E-state index in [1.54, 1.807) is 19.2 Å². The Labute approximate surface area is 125 Å². The smallest absolute Gasteiger partial charge is 0.301 e. The van der Waals surface area contributed by atoms with Crippen LogP contribution >= 0.6 is 15.9 Å². The minimum absolute atomic E-state index is 0.175. The Hall–Kier alpha value is -1.89. The van der Waals surface area contributed by atoms with Crippen LogP contribution in [0.15, 0.2) is 27.4 Å². The zero-order chi connectivity index (χ0) is 14.5. The van der Waals surface area contributed by atoms with Gasteiger partial charge in [0.05, 0.1) is 11.3 Å². The number of amides is 1. The van der Waals surface area contributed by atoms with Crippen LogP contribution in [0.5, 0.6) is 0 Å². The number of carbonyl (C=O) groups is 1. The summed E-state index contributed by atoms with van der Waals surface area (Å²) in [6.07, 6.45) is 4.06. The highest BCUT2D eigenvalue weighted by molar-refractivity contribution is 9.10. The number of nitrogens with one attached hydrogen (secondary N) is 2. The Kier molecular flexibility index (Phi) is 4.73. The van der Waals surface area contributed by atoms with E-state index in [9.17, 15) is 4.79 Å². The van der Waals surface area contributed by atoms with Crippen molar-refractivity contribution in [1.82, 2.24) is 9.97 Å². The highest BCUT2D eigenvalue weighted by Crippen LogP contribution is 2.19. The van der Waals surface area contributed by atoms with Gasteiger partial charge in [-0.1, -0.05) is 6.92 Å². The molecule has 0 radical (unpaired) electrons. The molecule has 0 saturated heterocycles. The van der Waals surface area contributed by atoms with Gasteiger partial charge >= 0.3 is 6.01 Å². The summed E-state index contributed by atoms with van der Waals surface area (Å²) in [6, 6.07) is 1.88. The predicted octanol–water partition coefficient (Wildman–Crippen LogP) is 3.21. The molecule has 6 nitrogen and oxygen atoms in total. The van der Waals surface area contributed by atoms with Crippen LogP contribution < -0.4 is 10.6 Å². The van der Waals surface area contributed by atoms with Gasteiger partial charge in [0.15, 0.2) is 0 Å². The zero-order valence-electron chi connectivity index (χ0n) is 11.2. The summed E-state index contributed by atoms with van der Waals surface area (Å²) >= 11 is 3.31. The summed E-state index contributed by atoms with van der Waals surface area (Å²) in [5, 5.41) is 5.72. The standard InChI is InChI=1S/C13H15BrN4O2/c1-3-4-15-11-10(5-9(14)6-16-11)12(19)18-13-17-8(2)7-20-13/h5-7H,3-4H2,1-2H3,(H,15,16)(H,17,18,19). The minimum Gasteiger partial charge on any atom is -0.432 e. The molecular formula is C13H15BrN4O2. The van der Waals surface area contributed by atoms with Gasteiger partial charge in [-0.25, -0.2) is 4.98 Å². The molecule has 2 N–H and O–H groups in total. The third-order valence-corrected chi connectivity index (χ3v) is 2.91. The summed E-state index contributed by atoms with van der Waals surface area (Å²) in [5.41, 5.74) is 1.14. The van der Waals surface area contributed by atoms with Gasteiger partial charge in [-0.2, -0.15) is 4.98 Å². The maximum atomic E-state index is 12.2. The van der Waals surface area contributed by atoms with E-state index >= 15 is 0 Å². The molecule has 0 bridgehead atoms. The molecule has 106 valence electrons. The summed E-state index contributed by atoms with van der Waals surface area (Å²) in [7, 11) is 0. The highest BCUT2D eigenvalue weighted by Gasteiger charge is 2.15. The topological polar surface area (TPSA) is 80.0 Å². The fourth-order valence-electron chi connectivity index (χ4n) is 1.57. The third-order valence-electron chi connectivity index (χ3n) is 2.48. The summed E-state index contributed by atoms with van der Waals surface area (Å²) < 4.78 is 5.84. The number of carbonyl (C=O) groups excluding carboxylic acids is 1. The first-order valence-corrected chi connectivity index (χ1v) is 7.02. The van der Waals surface area contributed by atoms with Crippen LogP contribution in [-0.2, 0) is 0 Å². The first kappa shape index (κ1) is 14.5. The quantitative estimate of drug-likeness (QED) is 0.874. The molecule has 0 aliphatic carbocycles. The van der Waals surface area contributed by atoms with Crippen molar-refractivity contribution in [3.63, 3.8) is 0 Å². The Morgan fingerprint density at radius 1 is 1.50 bits per heavy atom. The molecule has 1 amide bonds. The van der Waals surface area contributed by atoms with Crippen molar-refractivity contribution >= 4 is 33.7 Å². The summed E-state index contributed by atoms with van der Waals surface area (Å²) in [4.78, 5) is 20.5. The minimum atomic E-state index is -0.320. The van der Waals surface area contributed by atoms with E-state index in [0.717, 1.165) is 17.4 Å². The van der Waals surface area contributed by atoms with E-state index in [1.165, 1.54) is 6.26 Å². The van der Waals surface area contributed by atoms with Crippen molar-refractivity contribution in [1.29, 1.82) is 0 Å². The molecule has 0 aliphatic heterocycles. The number of oxazole rings is 1. The Morgan fingerprint density at radius 2 is 2.30 bits per heavy atom. The Bertz CT molecular complexity index is 612. The van der Waals surface area contributed by atoms with Crippen LogP contribution in [0.3, 0.4) is 0 Å². The second-order valence-electron chi connectivity index (χ2n) is 4.22. The number of hydrogen-bond donors (Lipinski definition) is 2. The molecule has 0 aliphatic rings. The van der Waals surface area contributed by atoms with Crippen molar-refractivity contribution in [2.75, 3.05) is 17.2 Å². The van der Waals surface area contributed by atoms with Gasteiger partial charge < -0.3 is 9.73 Å². The van der Waals surface area contributed by atoms with Gasteiger partial charge in [-0.3, -0.25) is 10.1 Å². The lowest BCUT2D eigenvalue weighted by Gasteiger charge is -2.09. The maximum Gasteiger partial charge on any atom is 0.301 e. The van der Waals surface area contributed by atoms with Crippen LogP contribution in [0.1, 0.15) is 29.4 Å². The molecule has 2 aromatic heterocycles. The lowest BCUT2D eigenvalue weighted by molar-refractivity contribution is 0.102. The SMILES string of the molecule is CCCNc1ncc(Br)cc1C(=O)Nc1nc(C)co1. The molecule has 0 atom stereocenters. The molecular weight excluding hydrogens is 324 g/mol. The molecule has 0 fully saturated rings. The maximum absolute atomic E-state index is 12.2. The highest BCUT2D eigenvalue weighted by atomic mass is 79.9. The molecule has 2 heterocycles. The molecule has 0 saturated carbocycles.